The van der Waals surface area contributed by atoms with Gasteiger partial charge in [0.15, 0.2) is 0 Å². The molecule has 168 valence electrons. The molecule has 0 amide bonds. The molecule has 1 saturated heterocycles. The van der Waals surface area contributed by atoms with Gasteiger partial charge >= 0.3 is 5.97 Å². The van der Waals surface area contributed by atoms with Crippen LogP contribution in [0.2, 0.25) is 0 Å². The highest BCUT2D eigenvalue weighted by Crippen LogP contribution is 2.38. The fourth-order valence-electron chi connectivity index (χ4n) is 5.13. The lowest BCUT2D eigenvalue weighted by Crippen LogP contribution is -2.35. The van der Waals surface area contributed by atoms with Gasteiger partial charge in [0.05, 0.1) is 11.4 Å². The molecule has 0 spiro atoms. The molecule has 1 N–H and O–H groups in total. The molecule has 0 unspecified atom stereocenters. The molecule has 0 atom stereocenters. The van der Waals surface area contributed by atoms with Gasteiger partial charge in [0, 0.05) is 18.0 Å². The summed E-state index contributed by atoms with van der Waals surface area (Å²) in [6.45, 7) is 9.58. The van der Waals surface area contributed by atoms with Gasteiger partial charge in [-0.3, -0.25) is 9.69 Å². The first-order chi connectivity index (χ1) is 14.8. The summed E-state index contributed by atoms with van der Waals surface area (Å²) < 4.78 is 6.24. The molecule has 1 aliphatic carbocycles. The summed E-state index contributed by atoms with van der Waals surface area (Å²) in [6, 6.07) is 10.5. The molecular weight excluding hydrogens is 388 g/mol. The number of likely N-dealkylation sites (tertiary alicyclic amines) is 1. The van der Waals surface area contributed by atoms with Crippen molar-refractivity contribution in [1.82, 2.24) is 9.88 Å². The maximum absolute atomic E-state index is 11.1. The van der Waals surface area contributed by atoms with Crippen molar-refractivity contribution in [3.63, 3.8) is 0 Å². The first-order valence-electron chi connectivity index (χ1n) is 11.8. The van der Waals surface area contributed by atoms with Crippen LogP contribution < -0.4 is 4.74 Å². The van der Waals surface area contributed by atoms with E-state index in [9.17, 15) is 4.79 Å². The first-order valence-corrected chi connectivity index (χ1v) is 11.8. The van der Waals surface area contributed by atoms with Crippen LogP contribution in [0.25, 0.3) is 10.9 Å². The van der Waals surface area contributed by atoms with Crippen LogP contribution in [0.5, 0.6) is 5.88 Å². The van der Waals surface area contributed by atoms with Crippen LogP contribution in [-0.2, 0) is 11.3 Å². The van der Waals surface area contributed by atoms with Gasteiger partial charge in [-0.15, -0.1) is 0 Å². The Morgan fingerprint density at radius 3 is 2.42 bits per heavy atom. The molecule has 2 fully saturated rings. The number of nitrogens with zero attached hydrogens (tertiary/aromatic N) is 2. The highest BCUT2D eigenvalue weighted by molar-refractivity contribution is 5.79. The number of aromatic nitrogens is 1. The van der Waals surface area contributed by atoms with Gasteiger partial charge in [-0.2, -0.15) is 0 Å². The SMILES string of the molecule is CC(C)(C)[C@H]1CC[C@H](Oc2ccc3cc(CN4CCC(C(=O)O)CC4)ccc3n2)CC1. The molecule has 1 saturated carbocycles. The number of carboxylic acids is 1. The molecule has 5 nitrogen and oxygen atoms in total. The maximum atomic E-state index is 11.1. The molecular formula is C26H36N2O3. The van der Waals surface area contributed by atoms with E-state index in [1.807, 2.05) is 6.07 Å². The fourth-order valence-corrected chi connectivity index (χ4v) is 5.13. The average Bonchev–Trinajstić information content (AvgIpc) is 2.74. The molecule has 2 aromatic rings. The van der Waals surface area contributed by atoms with E-state index < -0.39 is 5.97 Å². The number of aliphatic carboxylic acids is 1. The van der Waals surface area contributed by atoms with Crippen molar-refractivity contribution in [2.75, 3.05) is 13.1 Å². The number of carboxylic acid groups (broad SMARTS) is 1. The van der Waals surface area contributed by atoms with Gasteiger partial charge in [0.1, 0.15) is 6.10 Å². The average molecular weight is 425 g/mol. The quantitative estimate of drug-likeness (QED) is 0.685. The second-order valence-corrected chi connectivity index (χ2v) is 10.5. The van der Waals surface area contributed by atoms with Crippen molar-refractivity contribution in [2.45, 2.75) is 71.9 Å². The number of rotatable bonds is 5. The highest BCUT2D eigenvalue weighted by atomic mass is 16.5. The molecule has 5 heteroatoms. The van der Waals surface area contributed by atoms with E-state index in [1.54, 1.807) is 0 Å². The highest BCUT2D eigenvalue weighted by Gasteiger charge is 2.30. The minimum absolute atomic E-state index is 0.181. The zero-order valence-electron chi connectivity index (χ0n) is 19.1. The Balaban J connectivity index is 1.34. The number of fused-ring (bicyclic) bond motifs is 1. The van der Waals surface area contributed by atoms with Crippen LogP contribution in [-0.4, -0.2) is 40.2 Å². The lowest BCUT2D eigenvalue weighted by atomic mass is 9.72. The standard InChI is InChI=1S/C26H36N2O3/c1-26(2,3)21-6-8-22(9-7-21)31-24-11-5-20-16-18(4-10-23(20)27-24)17-28-14-12-19(13-15-28)25(29)30/h4-5,10-11,16,19,21-22H,6-9,12-15,17H2,1-3H3,(H,29,30)/t21-,22-. The van der Waals surface area contributed by atoms with Crippen molar-refractivity contribution in [2.24, 2.45) is 17.3 Å². The van der Waals surface area contributed by atoms with Gasteiger partial charge < -0.3 is 9.84 Å². The Labute approximate surface area is 185 Å². The predicted octanol–water partition coefficient (Wildman–Crippen LogP) is 5.52. The van der Waals surface area contributed by atoms with Crippen molar-refractivity contribution in [1.29, 1.82) is 0 Å². The van der Waals surface area contributed by atoms with Crippen molar-refractivity contribution in [3.8, 4) is 5.88 Å². The largest absolute Gasteiger partial charge is 0.481 e. The molecule has 2 heterocycles. The molecule has 0 radical (unpaired) electrons. The van der Waals surface area contributed by atoms with Crippen LogP contribution in [0.4, 0.5) is 0 Å². The van der Waals surface area contributed by atoms with Gasteiger partial charge in [-0.05, 0) is 86.7 Å². The normalized spacial score (nSPS) is 23.7. The summed E-state index contributed by atoms with van der Waals surface area (Å²) in [6.07, 6.45) is 6.43. The smallest absolute Gasteiger partial charge is 0.306 e. The van der Waals surface area contributed by atoms with Crippen molar-refractivity contribution < 1.29 is 14.6 Å². The van der Waals surface area contributed by atoms with Crippen LogP contribution in [0.3, 0.4) is 0 Å². The minimum Gasteiger partial charge on any atom is -0.481 e. The van der Waals surface area contributed by atoms with Crippen molar-refractivity contribution >= 4 is 16.9 Å². The first kappa shape index (κ1) is 22.1. The minimum atomic E-state index is -0.656. The van der Waals surface area contributed by atoms with E-state index in [4.69, 9.17) is 14.8 Å². The molecule has 31 heavy (non-hydrogen) atoms. The summed E-state index contributed by atoms with van der Waals surface area (Å²) in [4.78, 5) is 18.2. The van der Waals surface area contributed by atoms with Gasteiger partial charge in [-0.1, -0.05) is 26.8 Å². The summed E-state index contributed by atoms with van der Waals surface area (Å²) >= 11 is 0. The lowest BCUT2D eigenvalue weighted by molar-refractivity contribution is -0.143. The summed E-state index contributed by atoms with van der Waals surface area (Å²) in [5.74, 6) is 0.677. The van der Waals surface area contributed by atoms with E-state index >= 15 is 0 Å². The number of carbonyl (C=O) groups is 1. The molecule has 2 aliphatic rings. The van der Waals surface area contributed by atoms with Crippen LogP contribution in [0, 0.1) is 17.3 Å². The summed E-state index contributed by atoms with van der Waals surface area (Å²) in [5.41, 5.74) is 2.60. The van der Waals surface area contributed by atoms with Crippen LogP contribution in [0.1, 0.15) is 64.9 Å². The topological polar surface area (TPSA) is 62.7 Å². The summed E-state index contributed by atoms with van der Waals surface area (Å²) in [7, 11) is 0. The van der Waals surface area contributed by atoms with E-state index in [0.717, 1.165) is 68.0 Å². The number of benzene rings is 1. The third-order valence-electron chi connectivity index (χ3n) is 7.26. The Morgan fingerprint density at radius 1 is 1.06 bits per heavy atom. The Kier molecular flexibility index (Phi) is 6.52. The van der Waals surface area contributed by atoms with E-state index in [1.165, 1.54) is 18.4 Å². The molecule has 4 rings (SSSR count). The predicted molar refractivity (Wildman–Crippen MR) is 123 cm³/mol. The summed E-state index contributed by atoms with van der Waals surface area (Å²) in [5, 5.41) is 10.3. The molecule has 1 aromatic heterocycles. The molecule has 1 aromatic carbocycles. The Morgan fingerprint density at radius 2 is 1.77 bits per heavy atom. The van der Waals surface area contributed by atoms with Gasteiger partial charge in [0.25, 0.3) is 0 Å². The lowest BCUT2D eigenvalue weighted by Gasteiger charge is -2.36. The zero-order chi connectivity index (χ0) is 22.0. The second kappa shape index (κ2) is 9.15. The van der Waals surface area contributed by atoms with Crippen LogP contribution in [0.15, 0.2) is 30.3 Å². The monoisotopic (exact) mass is 424 g/mol. The second-order valence-electron chi connectivity index (χ2n) is 10.5. The van der Waals surface area contributed by atoms with E-state index in [0.29, 0.717) is 5.41 Å². The van der Waals surface area contributed by atoms with E-state index in [-0.39, 0.29) is 12.0 Å². The Bertz CT molecular complexity index is 904. The number of hydrogen-bond acceptors (Lipinski definition) is 4. The number of pyridine rings is 1. The third-order valence-corrected chi connectivity index (χ3v) is 7.26. The fraction of sp³-hybridized carbons (Fsp3) is 0.615. The molecule has 1 aliphatic heterocycles. The van der Waals surface area contributed by atoms with E-state index in [2.05, 4.69) is 49.9 Å². The van der Waals surface area contributed by atoms with Crippen molar-refractivity contribution in [3.05, 3.63) is 35.9 Å². The maximum Gasteiger partial charge on any atom is 0.306 e. The van der Waals surface area contributed by atoms with Gasteiger partial charge in [0.2, 0.25) is 5.88 Å². The number of piperidine rings is 1. The molecule has 0 bridgehead atoms. The Hall–Kier alpha value is -2.14. The third kappa shape index (κ3) is 5.57. The number of ether oxygens (including phenoxy) is 1. The zero-order valence-corrected chi connectivity index (χ0v) is 19.1. The van der Waals surface area contributed by atoms with Crippen LogP contribution >= 0.6 is 0 Å². The number of hydrogen-bond donors (Lipinski definition) is 1. The van der Waals surface area contributed by atoms with Gasteiger partial charge in [-0.25, -0.2) is 4.98 Å².